The number of carboxylic acids is 1. The molecule has 1 amide bonds. The molecule has 1 fully saturated rings. The molecule has 136 valence electrons. The third-order valence-corrected chi connectivity index (χ3v) is 4.40. The molecule has 26 heavy (non-hydrogen) atoms. The molecule has 0 bridgehead atoms. The summed E-state index contributed by atoms with van der Waals surface area (Å²) in [4.78, 5) is 37.6. The van der Waals surface area contributed by atoms with Gasteiger partial charge in [-0.05, 0) is 24.5 Å². The number of carbonyl (C=O) groups is 2. The third-order valence-electron chi connectivity index (χ3n) is 4.40. The number of aromatic nitrogens is 2. The minimum atomic E-state index is -0.939. The molecule has 2 aromatic rings. The smallest absolute Gasteiger partial charge is 0.308 e. The number of hydrogen-bond donors (Lipinski definition) is 1. The highest BCUT2D eigenvalue weighted by atomic mass is 16.4. The van der Waals surface area contributed by atoms with Gasteiger partial charge in [0.05, 0.1) is 12.5 Å². The van der Waals surface area contributed by atoms with Crippen molar-refractivity contribution >= 4 is 11.9 Å². The molecule has 7 heteroatoms. The number of amides is 1. The number of aliphatic carboxylic acids is 1. The van der Waals surface area contributed by atoms with Gasteiger partial charge in [0.1, 0.15) is 5.69 Å². The van der Waals surface area contributed by atoms with Gasteiger partial charge in [-0.2, -0.15) is 5.10 Å². The van der Waals surface area contributed by atoms with Crippen molar-refractivity contribution in [1.29, 1.82) is 0 Å². The number of carbonyl (C=O) groups excluding carboxylic acids is 1. The van der Waals surface area contributed by atoms with Crippen LogP contribution in [0, 0.1) is 5.92 Å². The highest BCUT2D eigenvalue weighted by molar-refractivity contribution is 5.92. The summed E-state index contributed by atoms with van der Waals surface area (Å²) in [5.41, 5.74) is 0.776. The van der Waals surface area contributed by atoms with Crippen molar-refractivity contribution in [1.82, 2.24) is 14.7 Å². The third kappa shape index (κ3) is 4.17. The minimum absolute atomic E-state index is 0.0561. The lowest BCUT2D eigenvalue weighted by molar-refractivity contribution is -0.141. The van der Waals surface area contributed by atoms with Crippen LogP contribution in [0.25, 0.3) is 0 Å². The van der Waals surface area contributed by atoms with Crippen molar-refractivity contribution in [3.05, 3.63) is 64.1 Å². The minimum Gasteiger partial charge on any atom is -0.481 e. The van der Waals surface area contributed by atoms with Gasteiger partial charge in [0.15, 0.2) is 0 Å². The van der Waals surface area contributed by atoms with Crippen LogP contribution in [0.4, 0.5) is 0 Å². The fourth-order valence-corrected chi connectivity index (χ4v) is 2.74. The van der Waals surface area contributed by atoms with Gasteiger partial charge in [-0.3, -0.25) is 14.4 Å². The molecule has 1 N–H and O–H groups in total. The Labute approximate surface area is 150 Å². The summed E-state index contributed by atoms with van der Waals surface area (Å²) < 4.78 is 1.26. The van der Waals surface area contributed by atoms with Crippen molar-refractivity contribution in [2.24, 2.45) is 5.92 Å². The van der Waals surface area contributed by atoms with Gasteiger partial charge in [-0.1, -0.05) is 37.3 Å². The summed E-state index contributed by atoms with van der Waals surface area (Å²) >= 11 is 0. The molecule has 1 aliphatic rings. The van der Waals surface area contributed by atoms with Gasteiger partial charge < -0.3 is 10.0 Å². The lowest BCUT2D eigenvalue weighted by Crippen LogP contribution is -2.40. The zero-order chi connectivity index (χ0) is 18.7. The molecule has 1 saturated carbocycles. The van der Waals surface area contributed by atoms with Crippen LogP contribution < -0.4 is 5.56 Å². The Morgan fingerprint density at radius 2 is 1.92 bits per heavy atom. The molecule has 0 radical (unpaired) electrons. The highest BCUT2D eigenvalue weighted by Gasteiger charge is 2.35. The largest absolute Gasteiger partial charge is 0.481 e. The molecule has 7 nitrogen and oxygen atoms in total. The van der Waals surface area contributed by atoms with Gasteiger partial charge >= 0.3 is 5.97 Å². The van der Waals surface area contributed by atoms with E-state index in [1.165, 1.54) is 16.8 Å². The monoisotopic (exact) mass is 355 g/mol. The van der Waals surface area contributed by atoms with E-state index < -0.39 is 11.9 Å². The van der Waals surface area contributed by atoms with Gasteiger partial charge in [0.25, 0.3) is 11.5 Å². The van der Waals surface area contributed by atoms with E-state index in [1.807, 2.05) is 30.3 Å². The van der Waals surface area contributed by atoms with E-state index >= 15 is 0 Å². The zero-order valence-corrected chi connectivity index (χ0v) is 14.5. The van der Waals surface area contributed by atoms with Crippen molar-refractivity contribution in [2.45, 2.75) is 32.4 Å². The van der Waals surface area contributed by atoms with Crippen LogP contribution in [0.2, 0.25) is 0 Å². The molecular weight excluding hydrogens is 334 g/mol. The maximum Gasteiger partial charge on any atom is 0.308 e. The lowest BCUT2D eigenvalue weighted by Gasteiger charge is -2.24. The SMILES string of the molecule is CC(CN(C(=O)c1ccc(=O)n(Cc2ccccc2)n1)C1CC1)C(=O)O. The van der Waals surface area contributed by atoms with Crippen LogP contribution in [0.15, 0.2) is 47.3 Å². The number of rotatable bonds is 7. The van der Waals surface area contributed by atoms with Crippen LogP contribution in [-0.4, -0.2) is 44.3 Å². The zero-order valence-electron chi connectivity index (χ0n) is 14.5. The molecule has 1 aromatic carbocycles. The number of hydrogen-bond acceptors (Lipinski definition) is 4. The summed E-state index contributed by atoms with van der Waals surface area (Å²) in [5.74, 6) is -1.93. The van der Waals surface area contributed by atoms with Crippen molar-refractivity contribution in [2.75, 3.05) is 6.54 Å². The van der Waals surface area contributed by atoms with E-state index in [9.17, 15) is 14.4 Å². The quantitative estimate of drug-likeness (QED) is 0.815. The van der Waals surface area contributed by atoms with E-state index in [2.05, 4.69) is 5.10 Å². The van der Waals surface area contributed by atoms with E-state index in [4.69, 9.17) is 5.11 Å². The first-order chi connectivity index (χ1) is 12.5. The van der Waals surface area contributed by atoms with E-state index in [1.54, 1.807) is 11.8 Å². The molecule has 1 unspecified atom stereocenters. The summed E-state index contributed by atoms with van der Waals surface area (Å²) in [6.07, 6.45) is 1.73. The van der Waals surface area contributed by atoms with Crippen LogP contribution in [0.5, 0.6) is 0 Å². The fourth-order valence-electron chi connectivity index (χ4n) is 2.74. The van der Waals surface area contributed by atoms with Crippen molar-refractivity contribution < 1.29 is 14.7 Å². The number of carboxylic acid groups (broad SMARTS) is 1. The van der Waals surface area contributed by atoms with Crippen LogP contribution >= 0.6 is 0 Å². The Bertz CT molecular complexity index is 859. The topological polar surface area (TPSA) is 92.5 Å². The van der Waals surface area contributed by atoms with E-state index in [0.29, 0.717) is 0 Å². The lowest BCUT2D eigenvalue weighted by atomic mass is 10.1. The fraction of sp³-hybridized carbons (Fsp3) is 0.368. The van der Waals surface area contributed by atoms with Gasteiger partial charge in [0.2, 0.25) is 0 Å². The van der Waals surface area contributed by atoms with E-state index in [0.717, 1.165) is 18.4 Å². The van der Waals surface area contributed by atoms with Gasteiger partial charge in [-0.15, -0.1) is 0 Å². The average Bonchev–Trinajstić information content (AvgIpc) is 3.46. The normalized spacial score (nSPS) is 14.7. The Hall–Kier alpha value is -2.96. The summed E-state index contributed by atoms with van der Waals surface area (Å²) in [7, 11) is 0. The Balaban J connectivity index is 1.83. The maximum atomic E-state index is 12.9. The molecule has 1 aromatic heterocycles. The summed E-state index contributed by atoms with van der Waals surface area (Å²) in [5, 5.41) is 13.3. The second-order valence-electron chi connectivity index (χ2n) is 6.63. The first-order valence-electron chi connectivity index (χ1n) is 8.61. The first-order valence-corrected chi connectivity index (χ1v) is 8.61. The second-order valence-corrected chi connectivity index (χ2v) is 6.63. The highest BCUT2D eigenvalue weighted by Crippen LogP contribution is 2.28. The van der Waals surface area contributed by atoms with Gasteiger partial charge in [0, 0.05) is 18.7 Å². The molecular formula is C19H21N3O4. The van der Waals surface area contributed by atoms with Crippen molar-refractivity contribution in [3.8, 4) is 0 Å². The Kier molecular flexibility index (Phi) is 5.16. The Morgan fingerprint density at radius 3 is 2.54 bits per heavy atom. The standard InChI is InChI=1S/C19H21N3O4/c1-13(19(25)26)11-21(15-7-8-15)18(24)16-9-10-17(23)22(20-16)12-14-5-3-2-4-6-14/h2-6,9-10,13,15H,7-8,11-12H2,1H3,(H,25,26). The van der Waals surface area contributed by atoms with Crippen LogP contribution in [0.3, 0.4) is 0 Å². The van der Waals surface area contributed by atoms with E-state index in [-0.39, 0.29) is 36.3 Å². The summed E-state index contributed by atoms with van der Waals surface area (Å²) in [6.45, 7) is 1.99. The first kappa shape index (κ1) is 17.8. The Morgan fingerprint density at radius 1 is 1.23 bits per heavy atom. The predicted octanol–water partition coefficient (Wildman–Crippen LogP) is 1.62. The molecule has 1 aliphatic carbocycles. The molecule has 3 rings (SSSR count). The van der Waals surface area contributed by atoms with Crippen LogP contribution in [0.1, 0.15) is 35.8 Å². The second kappa shape index (κ2) is 7.51. The number of benzene rings is 1. The summed E-state index contributed by atoms with van der Waals surface area (Å²) in [6, 6.07) is 12.2. The molecule has 0 spiro atoms. The maximum absolute atomic E-state index is 12.9. The molecule has 0 saturated heterocycles. The molecule has 0 aliphatic heterocycles. The molecule has 1 heterocycles. The average molecular weight is 355 g/mol. The number of nitrogens with zero attached hydrogens (tertiary/aromatic N) is 3. The molecule has 1 atom stereocenters. The van der Waals surface area contributed by atoms with Crippen molar-refractivity contribution in [3.63, 3.8) is 0 Å². The predicted molar refractivity (Wildman–Crippen MR) is 94.9 cm³/mol. The van der Waals surface area contributed by atoms with Crippen LogP contribution in [-0.2, 0) is 11.3 Å². The van der Waals surface area contributed by atoms with Gasteiger partial charge in [-0.25, -0.2) is 4.68 Å².